The molecule has 8 heteroatoms. The van der Waals surface area contributed by atoms with E-state index in [9.17, 15) is 20.4 Å². The van der Waals surface area contributed by atoms with Crippen molar-refractivity contribution in [3.05, 3.63) is 64.2 Å². The van der Waals surface area contributed by atoms with Gasteiger partial charge < -0.3 is 34.6 Å². The van der Waals surface area contributed by atoms with Crippen LogP contribution in [0.2, 0.25) is 5.02 Å². The van der Waals surface area contributed by atoms with E-state index in [0.717, 1.165) is 30.1 Å². The predicted molar refractivity (Wildman–Crippen MR) is 116 cm³/mol. The zero-order valence-electron chi connectivity index (χ0n) is 17.4. The van der Waals surface area contributed by atoms with Crippen molar-refractivity contribution in [1.29, 1.82) is 0 Å². The molecule has 2 heterocycles. The summed E-state index contributed by atoms with van der Waals surface area (Å²) in [6.07, 6.45) is -5.16. The van der Waals surface area contributed by atoms with E-state index in [0.29, 0.717) is 28.8 Å². The van der Waals surface area contributed by atoms with Crippen LogP contribution in [-0.2, 0) is 15.9 Å². The molecular formula is C24H27ClO7. The van der Waals surface area contributed by atoms with Crippen molar-refractivity contribution in [2.24, 2.45) is 11.8 Å². The SMILES string of the molecule is OC[C@H]1O[C@H](c2ccc(Cl)c(Cc3ccc(OC4C5COCC54)cc3)c2)[C@H](O)[C@@H](O)[C@@H]1O. The van der Waals surface area contributed by atoms with E-state index in [1.54, 1.807) is 12.1 Å². The average molecular weight is 463 g/mol. The van der Waals surface area contributed by atoms with Gasteiger partial charge in [0.15, 0.2) is 0 Å². The number of hydrogen-bond donors (Lipinski definition) is 4. The minimum Gasteiger partial charge on any atom is -0.490 e. The van der Waals surface area contributed by atoms with Crippen molar-refractivity contribution in [2.45, 2.75) is 43.0 Å². The molecule has 0 bridgehead atoms. The summed E-state index contributed by atoms with van der Waals surface area (Å²) < 4.78 is 17.1. The average Bonchev–Trinajstić information content (AvgIpc) is 3.20. The molecular weight excluding hydrogens is 436 g/mol. The van der Waals surface area contributed by atoms with E-state index < -0.39 is 37.1 Å². The highest BCUT2D eigenvalue weighted by Crippen LogP contribution is 2.46. The highest BCUT2D eigenvalue weighted by atomic mass is 35.5. The van der Waals surface area contributed by atoms with Gasteiger partial charge in [-0.25, -0.2) is 0 Å². The Morgan fingerprint density at radius 1 is 0.938 bits per heavy atom. The molecule has 0 spiro atoms. The van der Waals surface area contributed by atoms with Crippen LogP contribution >= 0.6 is 11.6 Å². The summed E-state index contributed by atoms with van der Waals surface area (Å²) in [5.41, 5.74) is 2.50. The standard InChI is InChI=1S/C24H27ClO7/c25-18-6-3-13(23-22(29)21(28)20(27)19(9-26)32-23)8-14(18)7-12-1-4-15(5-2-12)31-24-16-10-30-11-17(16)24/h1-6,8,16-17,19-24,26-29H,7,9-11H2/t16?,17?,19-,20-,21+,22-,23-,24?/m1/s1. The van der Waals surface area contributed by atoms with E-state index in [1.165, 1.54) is 0 Å². The quantitative estimate of drug-likeness (QED) is 0.514. The summed E-state index contributed by atoms with van der Waals surface area (Å²) in [7, 11) is 0. The second-order valence-corrected chi connectivity index (χ2v) is 9.28. The number of aliphatic hydroxyl groups excluding tert-OH is 4. The van der Waals surface area contributed by atoms with Crippen LogP contribution in [0.15, 0.2) is 42.5 Å². The third kappa shape index (κ3) is 4.15. The Hall–Kier alpha value is -1.71. The van der Waals surface area contributed by atoms with Crippen LogP contribution in [0.1, 0.15) is 22.8 Å². The van der Waals surface area contributed by atoms with Crippen LogP contribution in [-0.4, -0.2) is 70.8 Å². The van der Waals surface area contributed by atoms with E-state index in [2.05, 4.69) is 0 Å². The fraction of sp³-hybridized carbons (Fsp3) is 0.500. The topological polar surface area (TPSA) is 109 Å². The molecule has 0 aromatic heterocycles. The highest BCUT2D eigenvalue weighted by Gasteiger charge is 2.56. The van der Waals surface area contributed by atoms with Gasteiger partial charge in [-0.15, -0.1) is 0 Å². The summed E-state index contributed by atoms with van der Waals surface area (Å²) in [6, 6.07) is 13.2. The molecule has 1 aliphatic carbocycles. The van der Waals surface area contributed by atoms with Crippen molar-refractivity contribution in [3.8, 4) is 5.75 Å². The summed E-state index contributed by atoms with van der Waals surface area (Å²) in [4.78, 5) is 0. The molecule has 7 nitrogen and oxygen atoms in total. The molecule has 3 fully saturated rings. The van der Waals surface area contributed by atoms with E-state index in [-0.39, 0.29) is 6.10 Å². The largest absolute Gasteiger partial charge is 0.490 e. The second kappa shape index (κ2) is 8.91. The maximum atomic E-state index is 10.4. The third-order valence-corrected chi connectivity index (χ3v) is 7.12. The van der Waals surface area contributed by atoms with Gasteiger partial charge in [0.2, 0.25) is 0 Å². The molecule has 2 aromatic rings. The molecule has 5 rings (SSSR count). The number of benzene rings is 2. The smallest absolute Gasteiger partial charge is 0.119 e. The van der Waals surface area contributed by atoms with Crippen molar-refractivity contribution in [1.82, 2.24) is 0 Å². The molecule has 4 N–H and O–H groups in total. The Morgan fingerprint density at radius 3 is 2.34 bits per heavy atom. The molecule has 3 aliphatic rings. The summed E-state index contributed by atoms with van der Waals surface area (Å²) >= 11 is 6.42. The minimum atomic E-state index is -1.42. The van der Waals surface area contributed by atoms with E-state index >= 15 is 0 Å². The highest BCUT2D eigenvalue weighted by molar-refractivity contribution is 6.31. The van der Waals surface area contributed by atoms with Crippen LogP contribution in [0.25, 0.3) is 0 Å². The lowest BCUT2D eigenvalue weighted by molar-refractivity contribution is -0.231. The van der Waals surface area contributed by atoms with Gasteiger partial charge in [0.05, 0.1) is 19.8 Å². The monoisotopic (exact) mass is 462 g/mol. The lowest BCUT2D eigenvalue weighted by Gasteiger charge is -2.40. The fourth-order valence-corrected chi connectivity index (χ4v) is 4.89. The van der Waals surface area contributed by atoms with Gasteiger partial charge in [-0.3, -0.25) is 0 Å². The van der Waals surface area contributed by atoms with Crippen LogP contribution in [0, 0.1) is 11.8 Å². The predicted octanol–water partition coefficient (Wildman–Crippen LogP) is 1.47. The molecule has 0 amide bonds. The maximum absolute atomic E-state index is 10.4. The molecule has 172 valence electrons. The number of ether oxygens (including phenoxy) is 3. The molecule has 32 heavy (non-hydrogen) atoms. The Morgan fingerprint density at radius 2 is 1.66 bits per heavy atom. The number of aliphatic hydroxyl groups is 4. The summed E-state index contributed by atoms with van der Waals surface area (Å²) in [6.45, 7) is 1.11. The molecule has 2 unspecified atom stereocenters. The van der Waals surface area contributed by atoms with Crippen molar-refractivity contribution in [3.63, 3.8) is 0 Å². The maximum Gasteiger partial charge on any atom is 0.119 e. The van der Waals surface area contributed by atoms with Gasteiger partial charge in [-0.05, 0) is 41.3 Å². The summed E-state index contributed by atoms with van der Waals surface area (Å²) in [5.74, 6) is 1.89. The van der Waals surface area contributed by atoms with Gasteiger partial charge in [-0.2, -0.15) is 0 Å². The third-order valence-electron chi connectivity index (χ3n) is 6.75. The molecule has 0 radical (unpaired) electrons. The van der Waals surface area contributed by atoms with Crippen molar-refractivity contribution in [2.75, 3.05) is 19.8 Å². The Bertz CT molecular complexity index is 940. The lowest BCUT2D eigenvalue weighted by atomic mass is 9.90. The van der Waals surface area contributed by atoms with Crippen LogP contribution in [0.3, 0.4) is 0 Å². The van der Waals surface area contributed by atoms with E-state index in [4.69, 9.17) is 25.8 Å². The Kier molecular flexibility index (Phi) is 6.15. The van der Waals surface area contributed by atoms with Gasteiger partial charge in [-0.1, -0.05) is 35.9 Å². The van der Waals surface area contributed by atoms with Gasteiger partial charge in [0, 0.05) is 16.9 Å². The molecule has 2 aliphatic heterocycles. The number of halogens is 1. The van der Waals surface area contributed by atoms with Gasteiger partial charge in [0.25, 0.3) is 0 Å². The van der Waals surface area contributed by atoms with Gasteiger partial charge in [0.1, 0.15) is 42.4 Å². The first kappa shape index (κ1) is 22.1. The first-order chi connectivity index (χ1) is 15.5. The first-order valence-corrected chi connectivity index (χ1v) is 11.3. The normalized spacial score (nSPS) is 36.0. The zero-order chi connectivity index (χ0) is 22.4. The number of rotatable bonds is 6. The van der Waals surface area contributed by atoms with E-state index in [1.807, 2.05) is 30.3 Å². The van der Waals surface area contributed by atoms with Crippen LogP contribution in [0.4, 0.5) is 0 Å². The van der Waals surface area contributed by atoms with Crippen molar-refractivity contribution < 1.29 is 34.6 Å². The number of hydrogen-bond acceptors (Lipinski definition) is 7. The molecule has 2 aromatic carbocycles. The zero-order valence-corrected chi connectivity index (χ0v) is 18.1. The number of fused-ring (bicyclic) bond motifs is 1. The Balaban J connectivity index is 1.29. The van der Waals surface area contributed by atoms with Gasteiger partial charge >= 0.3 is 0 Å². The summed E-state index contributed by atoms with van der Waals surface area (Å²) in [5, 5.41) is 40.5. The fourth-order valence-electron chi connectivity index (χ4n) is 4.71. The van der Waals surface area contributed by atoms with Crippen molar-refractivity contribution >= 4 is 11.6 Å². The second-order valence-electron chi connectivity index (χ2n) is 8.87. The Labute approximate surface area is 191 Å². The van der Waals surface area contributed by atoms with Crippen LogP contribution < -0.4 is 4.74 Å². The molecule has 1 saturated carbocycles. The van der Waals surface area contributed by atoms with Crippen LogP contribution in [0.5, 0.6) is 5.75 Å². The molecule has 2 saturated heterocycles. The minimum absolute atomic E-state index is 0.263. The first-order valence-electron chi connectivity index (χ1n) is 10.9. The molecule has 7 atom stereocenters. The lowest BCUT2D eigenvalue weighted by Crippen LogP contribution is -2.55.